The Labute approximate surface area is 163 Å². The van der Waals surface area contributed by atoms with Crippen molar-refractivity contribution in [2.24, 2.45) is 0 Å². The Morgan fingerprint density at radius 1 is 0.962 bits per heavy atom. The predicted molar refractivity (Wildman–Crippen MR) is 106 cm³/mol. The molecule has 2 aromatic carbocycles. The van der Waals surface area contributed by atoms with Crippen LogP contribution in [0.3, 0.4) is 0 Å². The number of benzene rings is 2. The van der Waals surface area contributed by atoms with Crippen molar-refractivity contribution in [2.45, 2.75) is 43.9 Å². The molecule has 1 saturated carbocycles. The maximum absolute atomic E-state index is 11.2. The Hall–Kier alpha value is -1.71. The number of carboxylic acids is 1. The standard InChI is InChI=1S/C21H21Cl2NO2/c22-14-4-6-18-16(12-14)21(9-2-1-3-10-21)17-13-15(23)5-7-19(17)24(18)11-8-20(25)26/h4-7,12-13H,1-3,8-11H2,(H,25,26). The molecule has 1 N–H and O–H groups in total. The second-order valence-electron chi connectivity index (χ2n) is 7.26. The van der Waals surface area contributed by atoms with E-state index in [1.807, 2.05) is 24.3 Å². The van der Waals surface area contributed by atoms with E-state index in [1.54, 1.807) is 0 Å². The monoisotopic (exact) mass is 389 g/mol. The highest BCUT2D eigenvalue weighted by Gasteiger charge is 2.44. The molecule has 2 aliphatic rings. The minimum atomic E-state index is -0.797. The number of hydrogen-bond acceptors (Lipinski definition) is 2. The van der Waals surface area contributed by atoms with Gasteiger partial charge in [-0.2, -0.15) is 0 Å². The van der Waals surface area contributed by atoms with E-state index in [9.17, 15) is 9.90 Å². The van der Waals surface area contributed by atoms with Crippen LogP contribution in [0.25, 0.3) is 0 Å². The summed E-state index contributed by atoms with van der Waals surface area (Å²) in [5, 5.41) is 10.6. The normalized spacial score (nSPS) is 17.7. The number of carboxylic acid groups (broad SMARTS) is 1. The van der Waals surface area contributed by atoms with Gasteiger partial charge < -0.3 is 10.0 Å². The zero-order valence-corrected chi connectivity index (χ0v) is 16.0. The van der Waals surface area contributed by atoms with Gasteiger partial charge in [0.25, 0.3) is 0 Å². The lowest BCUT2D eigenvalue weighted by molar-refractivity contribution is -0.136. The van der Waals surface area contributed by atoms with Gasteiger partial charge in [0, 0.05) is 33.4 Å². The zero-order valence-electron chi connectivity index (χ0n) is 14.5. The minimum absolute atomic E-state index is 0.0805. The van der Waals surface area contributed by atoms with Crippen molar-refractivity contribution < 1.29 is 9.90 Å². The quantitative estimate of drug-likeness (QED) is 0.681. The molecule has 0 amide bonds. The Morgan fingerprint density at radius 3 is 2.00 bits per heavy atom. The third-order valence-corrected chi connectivity index (χ3v) is 6.26. The molecule has 1 spiro atoms. The van der Waals surface area contributed by atoms with E-state index >= 15 is 0 Å². The number of aliphatic carboxylic acids is 1. The Bertz CT molecular complexity index is 804. The summed E-state index contributed by atoms with van der Waals surface area (Å²) in [6, 6.07) is 12.0. The molecule has 3 nitrogen and oxygen atoms in total. The molecule has 0 atom stereocenters. The fourth-order valence-electron chi connectivity index (χ4n) is 4.67. The van der Waals surface area contributed by atoms with Gasteiger partial charge in [0.05, 0.1) is 6.42 Å². The van der Waals surface area contributed by atoms with Crippen molar-refractivity contribution in [1.82, 2.24) is 0 Å². The first-order valence-electron chi connectivity index (χ1n) is 9.11. The molecule has 136 valence electrons. The molecule has 0 aromatic heterocycles. The van der Waals surface area contributed by atoms with Crippen LogP contribution in [0.4, 0.5) is 11.4 Å². The second kappa shape index (κ2) is 6.79. The van der Waals surface area contributed by atoms with Crippen LogP contribution in [0.1, 0.15) is 49.7 Å². The maximum atomic E-state index is 11.2. The molecule has 2 aromatic rings. The van der Waals surface area contributed by atoms with Crippen molar-refractivity contribution >= 4 is 40.5 Å². The van der Waals surface area contributed by atoms with E-state index in [1.165, 1.54) is 30.4 Å². The van der Waals surface area contributed by atoms with Crippen LogP contribution in [-0.4, -0.2) is 17.6 Å². The van der Waals surface area contributed by atoms with Crippen LogP contribution < -0.4 is 4.90 Å². The highest BCUT2D eigenvalue weighted by molar-refractivity contribution is 6.31. The van der Waals surface area contributed by atoms with E-state index in [2.05, 4.69) is 17.0 Å². The van der Waals surface area contributed by atoms with Gasteiger partial charge in [-0.15, -0.1) is 0 Å². The van der Waals surface area contributed by atoms with E-state index < -0.39 is 5.97 Å². The first-order chi connectivity index (χ1) is 12.5. The molecule has 1 aliphatic heterocycles. The number of anilines is 2. The molecule has 1 heterocycles. The third kappa shape index (κ3) is 2.87. The van der Waals surface area contributed by atoms with Crippen LogP contribution in [0, 0.1) is 0 Å². The summed E-state index contributed by atoms with van der Waals surface area (Å²) in [7, 11) is 0. The number of fused-ring (bicyclic) bond motifs is 4. The lowest BCUT2D eigenvalue weighted by Gasteiger charge is -2.47. The minimum Gasteiger partial charge on any atom is -0.481 e. The molecule has 1 fully saturated rings. The SMILES string of the molecule is O=C(O)CCN1c2ccc(Cl)cc2C2(CCCCC2)c2cc(Cl)ccc21. The summed E-state index contributed by atoms with van der Waals surface area (Å²) in [4.78, 5) is 13.3. The van der Waals surface area contributed by atoms with Gasteiger partial charge in [-0.05, 0) is 60.4 Å². The predicted octanol–water partition coefficient (Wildman–Crippen LogP) is 6.17. The first-order valence-corrected chi connectivity index (χ1v) is 9.86. The topological polar surface area (TPSA) is 40.5 Å². The number of halogens is 2. The molecule has 0 saturated heterocycles. The van der Waals surface area contributed by atoms with Crippen molar-refractivity contribution in [3.63, 3.8) is 0 Å². The fraction of sp³-hybridized carbons (Fsp3) is 0.381. The lowest BCUT2D eigenvalue weighted by atomic mass is 9.63. The Kier molecular flexibility index (Phi) is 4.62. The summed E-state index contributed by atoms with van der Waals surface area (Å²) >= 11 is 12.7. The number of nitrogens with zero attached hydrogens (tertiary/aromatic N) is 1. The number of carbonyl (C=O) groups is 1. The lowest BCUT2D eigenvalue weighted by Crippen LogP contribution is -2.39. The van der Waals surface area contributed by atoms with Crippen LogP contribution in [0.2, 0.25) is 10.0 Å². The van der Waals surface area contributed by atoms with E-state index in [-0.39, 0.29) is 11.8 Å². The van der Waals surface area contributed by atoms with Crippen LogP contribution in [0.15, 0.2) is 36.4 Å². The van der Waals surface area contributed by atoms with Crippen LogP contribution >= 0.6 is 23.2 Å². The van der Waals surface area contributed by atoms with E-state index in [0.29, 0.717) is 6.54 Å². The van der Waals surface area contributed by atoms with Crippen LogP contribution in [0.5, 0.6) is 0 Å². The van der Waals surface area contributed by atoms with Crippen LogP contribution in [-0.2, 0) is 10.2 Å². The largest absolute Gasteiger partial charge is 0.481 e. The second-order valence-corrected chi connectivity index (χ2v) is 8.13. The van der Waals surface area contributed by atoms with Gasteiger partial charge in [-0.25, -0.2) is 0 Å². The summed E-state index contributed by atoms with van der Waals surface area (Å²) < 4.78 is 0. The zero-order chi connectivity index (χ0) is 18.3. The van der Waals surface area contributed by atoms with E-state index in [0.717, 1.165) is 34.3 Å². The van der Waals surface area contributed by atoms with Crippen molar-refractivity contribution in [2.75, 3.05) is 11.4 Å². The smallest absolute Gasteiger partial charge is 0.305 e. The third-order valence-electron chi connectivity index (χ3n) is 5.79. The highest BCUT2D eigenvalue weighted by atomic mass is 35.5. The van der Waals surface area contributed by atoms with Crippen molar-refractivity contribution in [3.8, 4) is 0 Å². The molecular formula is C21H21Cl2NO2. The van der Waals surface area contributed by atoms with Gasteiger partial charge >= 0.3 is 5.97 Å². The molecule has 26 heavy (non-hydrogen) atoms. The maximum Gasteiger partial charge on any atom is 0.305 e. The van der Waals surface area contributed by atoms with Crippen molar-refractivity contribution in [3.05, 3.63) is 57.6 Å². The average molecular weight is 390 g/mol. The molecule has 0 radical (unpaired) electrons. The molecule has 5 heteroatoms. The van der Waals surface area contributed by atoms with Gasteiger partial charge in [-0.3, -0.25) is 4.79 Å². The summed E-state index contributed by atoms with van der Waals surface area (Å²) in [6.45, 7) is 0.425. The molecule has 1 aliphatic carbocycles. The summed E-state index contributed by atoms with van der Waals surface area (Å²) in [5.74, 6) is -0.797. The Balaban J connectivity index is 1.94. The van der Waals surface area contributed by atoms with Gasteiger partial charge in [-0.1, -0.05) is 42.5 Å². The number of hydrogen-bond donors (Lipinski definition) is 1. The van der Waals surface area contributed by atoms with Gasteiger partial charge in [0.15, 0.2) is 0 Å². The molecule has 0 unspecified atom stereocenters. The summed E-state index contributed by atoms with van der Waals surface area (Å²) in [6.07, 6.45) is 5.81. The van der Waals surface area contributed by atoms with E-state index in [4.69, 9.17) is 23.2 Å². The average Bonchev–Trinajstić information content (AvgIpc) is 2.63. The molecule has 4 rings (SSSR count). The molecule has 0 bridgehead atoms. The van der Waals surface area contributed by atoms with Crippen molar-refractivity contribution in [1.29, 1.82) is 0 Å². The Morgan fingerprint density at radius 2 is 1.50 bits per heavy atom. The van der Waals surface area contributed by atoms with Gasteiger partial charge in [0.2, 0.25) is 0 Å². The number of rotatable bonds is 3. The summed E-state index contributed by atoms with van der Waals surface area (Å²) in [5.41, 5.74) is 4.49. The molecular weight excluding hydrogens is 369 g/mol. The highest BCUT2D eigenvalue weighted by Crippen LogP contribution is 2.56. The van der Waals surface area contributed by atoms with Gasteiger partial charge in [0.1, 0.15) is 0 Å². The fourth-order valence-corrected chi connectivity index (χ4v) is 5.02. The first kappa shape index (κ1) is 17.7.